The van der Waals surface area contributed by atoms with Crippen molar-refractivity contribution in [2.75, 3.05) is 6.61 Å². The Bertz CT molecular complexity index is 881. The summed E-state index contributed by atoms with van der Waals surface area (Å²) in [7, 11) is 0. The number of carbonyl (C=O) groups excluding carboxylic acids is 4. The Morgan fingerprint density at radius 1 is 0.886 bits per heavy atom. The van der Waals surface area contributed by atoms with Crippen molar-refractivity contribution in [3.05, 3.63) is 35.9 Å². The van der Waals surface area contributed by atoms with Crippen molar-refractivity contribution >= 4 is 24.0 Å². The maximum absolute atomic E-state index is 12.7. The molecule has 5 atom stereocenters. The summed E-state index contributed by atoms with van der Waals surface area (Å²) >= 11 is 0. The minimum Gasteiger partial charge on any atom is -0.463 e. The van der Waals surface area contributed by atoms with E-state index in [4.69, 9.17) is 23.7 Å². The van der Waals surface area contributed by atoms with Gasteiger partial charge in [-0.15, -0.1) is 0 Å². The second-order valence-electron chi connectivity index (χ2n) is 9.36. The van der Waals surface area contributed by atoms with Gasteiger partial charge in [0.05, 0.1) is 12.1 Å². The summed E-state index contributed by atoms with van der Waals surface area (Å²) in [6, 6.07) is 8.74. The van der Waals surface area contributed by atoms with Gasteiger partial charge in [0.1, 0.15) is 18.3 Å². The average Bonchev–Trinajstić information content (AvgIpc) is 2.73. The molecule has 1 heterocycles. The first-order chi connectivity index (χ1) is 16.4. The molecule has 10 nitrogen and oxygen atoms in total. The van der Waals surface area contributed by atoms with Gasteiger partial charge < -0.3 is 29.0 Å². The van der Waals surface area contributed by atoms with Crippen LogP contribution in [-0.4, -0.2) is 66.7 Å². The SMILES string of the molecule is CC(=O)OC[C@H]1O[C@H](CCc2ccccc2)[C@H](NC(=O)OC(C)(C)C)[C@@H](OC(C)=O)[C@H]1OC(C)=O. The lowest BCUT2D eigenvalue weighted by molar-refractivity contribution is -0.223. The first-order valence-corrected chi connectivity index (χ1v) is 11.5. The number of carbonyl (C=O) groups is 4. The monoisotopic (exact) mass is 493 g/mol. The number of benzene rings is 1. The van der Waals surface area contributed by atoms with E-state index < -0.39 is 60.1 Å². The van der Waals surface area contributed by atoms with E-state index >= 15 is 0 Å². The van der Waals surface area contributed by atoms with E-state index in [0.717, 1.165) is 5.56 Å². The standard InChI is InChI=1S/C25H35NO9/c1-15(27)31-14-20-22(32-16(2)28)23(33-17(3)29)21(26-24(30)35-25(4,5)6)19(34-20)13-12-18-10-8-7-9-11-18/h7-11,19-23H,12-14H2,1-6H3,(H,26,30)/t19-,20-,21+,22+,23-/m1/s1. The number of alkyl carbamates (subject to hydrolysis) is 1. The molecule has 0 aliphatic carbocycles. The number of rotatable bonds is 8. The average molecular weight is 494 g/mol. The molecule has 35 heavy (non-hydrogen) atoms. The van der Waals surface area contributed by atoms with Gasteiger partial charge in [0.2, 0.25) is 0 Å². The Balaban J connectivity index is 2.41. The fraction of sp³-hybridized carbons (Fsp3) is 0.600. The lowest BCUT2D eigenvalue weighted by atomic mass is 9.89. The number of ether oxygens (including phenoxy) is 5. The van der Waals surface area contributed by atoms with Crippen LogP contribution in [0.1, 0.15) is 53.5 Å². The molecule has 0 unspecified atom stereocenters. The smallest absolute Gasteiger partial charge is 0.408 e. The quantitative estimate of drug-likeness (QED) is 0.429. The summed E-state index contributed by atoms with van der Waals surface area (Å²) in [5, 5.41) is 2.74. The van der Waals surface area contributed by atoms with Crippen LogP contribution in [0.4, 0.5) is 4.79 Å². The Kier molecular flexibility index (Phi) is 10.1. The molecule has 1 saturated heterocycles. The van der Waals surface area contributed by atoms with E-state index in [9.17, 15) is 19.2 Å². The summed E-state index contributed by atoms with van der Waals surface area (Å²) in [4.78, 5) is 48.1. The molecule has 2 rings (SSSR count). The van der Waals surface area contributed by atoms with Crippen LogP contribution in [0, 0.1) is 0 Å². The zero-order valence-electron chi connectivity index (χ0n) is 21.1. The van der Waals surface area contributed by atoms with Crippen molar-refractivity contribution in [2.45, 2.75) is 90.4 Å². The van der Waals surface area contributed by atoms with E-state index in [-0.39, 0.29) is 6.61 Å². The minimum atomic E-state index is -1.14. The topological polar surface area (TPSA) is 126 Å². The van der Waals surface area contributed by atoms with Gasteiger partial charge in [-0.2, -0.15) is 0 Å². The van der Waals surface area contributed by atoms with Crippen LogP contribution in [0.15, 0.2) is 30.3 Å². The largest absolute Gasteiger partial charge is 0.463 e. The number of nitrogens with one attached hydrogen (secondary N) is 1. The normalized spacial score (nSPS) is 24.1. The zero-order valence-corrected chi connectivity index (χ0v) is 21.1. The van der Waals surface area contributed by atoms with E-state index in [1.807, 2.05) is 30.3 Å². The number of hydrogen-bond acceptors (Lipinski definition) is 9. The minimum absolute atomic E-state index is 0.230. The van der Waals surface area contributed by atoms with Gasteiger partial charge in [-0.05, 0) is 39.2 Å². The lowest BCUT2D eigenvalue weighted by Crippen LogP contribution is -2.66. The summed E-state index contributed by atoms with van der Waals surface area (Å²) < 4.78 is 27.8. The molecule has 0 saturated carbocycles. The summed E-state index contributed by atoms with van der Waals surface area (Å²) in [5.74, 6) is -1.84. The molecule has 0 spiro atoms. The molecule has 0 aromatic heterocycles. The molecule has 1 aromatic rings. The molecule has 1 aliphatic rings. The van der Waals surface area contributed by atoms with Crippen LogP contribution in [0.5, 0.6) is 0 Å². The van der Waals surface area contributed by atoms with Crippen LogP contribution in [-0.2, 0) is 44.5 Å². The van der Waals surface area contributed by atoms with Gasteiger partial charge in [-0.1, -0.05) is 30.3 Å². The van der Waals surface area contributed by atoms with Gasteiger partial charge in [0, 0.05) is 20.8 Å². The summed E-state index contributed by atoms with van der Waals surface area (Å²) in [5.41, 5.74) is 0.262. The van der Waals surface area contributed by atoms with Gasteiger partial charge in [-0.25, -0.2) is 4.79 Å². The maximum atomic E-state index is 12.7. The van der Waals surface area contributed by atoms with Crippen LogP contribution >= 0.6 is 0 Å². The highest BCUT2D eigenvalue weighted by atomic mass is 16.6. The summed E-state index contributed by atoms with van der Waals surface area (Å²) in [6.45, 7) is 8.58. The predicted octanol–water partition coefficient (Wildman–Crippen LogP) is 2.71. The molecule has 1 amide bonds. The van der Waals surface area contributed by atoms with Gasteiger partial charge >= 0.3 is 24.0 Å². The molecule has 10 heteroatoms. The van der Waals surface area contributed by atoms with Crippen molar-refractivity contribution in [1.29, 1.82) is 0 Å². The second kappa shape index (κ2) is 12.5. The fourth-order valence-corrected chi connectivity index (χ4v) is 3.83. The Labute approximate surface area is 205 Å². The highest BCUT2D eigenvalue weighted by Gasteiger charge is 2.51. The second-order valence-corrected chi connectivity index (χ2v) is 9.36. The van der Waals surface area contributed by atoms with Crippen LogP contribution in [0.3, 0.4) is 0 Å². The highest BCUT2D eigenvalue weighted by molar-refractivity contribution is 5.70. The molecular weight excluding hydrogens is 458 g/mol. The third-order valence-electron chi connectivity index (χ3n) is 5.09. The Hall–Kier alpha value is -3.14. The highest BCUT2D eigenvalue weighted by Crippen LogP contribution is 2.30. The first-order valence-electron chi connectivity index (χ1n) is 11.5. The maximum Gasteiger partial charge on any atom is 0.408 e. The number of esters is 3. The molecule has 0 bridgehead atoms. The Morgan fingerprint density at radius 3 is 2.03 bits per heavy atom. The van der Waals surface area contributed by atoms with Crippen molar-refractivity contribution in [3.63, 3.8) is 0 Å². The van der Waals surface area contributed by atoms with Crippen molar-refractivity contribution in [3.8, 4) is 0 Å². The third-order valence-corrected chi connectivity index (χ3v) is 5.09. The van der Waals surface area contributed by atoms with E-state index in [2.05, 4.69) is 5.32 Å². The van der Waals surface area contributed by atoms with E-state index in [0.29, 0.717) is 12.8 Å². The van der Waals surface area contributed by atoms with Gasteiger partial charge in [0.25, 0.3) is 0 Å². The number of amides is 1. The predicted molar refractivity (Wildman–Crippen MR) is 124 cm³/mol. The van der Waals surface area contributed by atoms with Crippen molar-refractivity contribution < 1.29 is 42.9 Å². The van der Waals surface area contributed by atoms with Crippen molar-refractivity contribution in [2.24, 2.45) is 0 Å². The molecule has 1 N–H and O–H groups in total. The number of hydrogen-bond donors (Lipinski definition) is 1. The fourth-order valence-electron chi connectivity index (χ4n) is 3.83. The van der Waals surface area contributed by atoms with E-state index in [1.54, 1.807) is 20.8 Å². The molecular formula is C25H35NO9. The van der Waals surface area contributed by atoms with Gasteiger partial charge in [0.15, 0.2) is 12.2 Å². The van der Waals surface area contributed by atoms with Crippen molar-refractivity contribution in [1.82, 2.24) is 5.32 Å². The van der Waals surface area contributed by atoms with E-state index in [1.165, 1.54) is 20.8 Å². The number of aryl methyl sites for hydroxylation is 1. The van der Waals surface area contributed by atoms with Crippen LogP contribution < -0.4 is 5.32 Å². The lowest BCUT2D eigenvalue weighted by Gasteiger charge is -2.45. The molecule has 194 valence electrons. The molecule has 0 radical (unpaired) electrons. The van der Waals surface area contributed by atoms with Crippen LogP contribution in [0.25, 0.3) is 0 Å². The molecule has 1 fully saturated rings. The Morgan fingerprint density at radius 2 is 1.49 bits per heavy atom. The van der Waals surface area contributed by atoms with Crippen LogP contribution in [0.2, 0.25) is 0 Å². The first kappa shape index (κ1) is 28.1. The summed E-state index contributed by atoms with van der Waals surface area (Å²) in [6.07, 6.45) is -3.59. The molecule has 1 aromatic carbocycles. The third kappa shape index (κ3) is 9.56. The molecule has 1 aliphatic heterocycles. The van der Waals surface area contributed by atoms with Gasteiger partial charge in [-0.3, -0.25) is 14.4 Å². The zero-order chi connectivity index (χ0) is 26.2.